The molecule has 0 aromatic heterocycles. The third-order valence-electron chi connectivity index (χ3n) is 5.62. The Morgan fingerprint density at radius 1 is 1.08 bits per heavy atom. The van der Waals surface area contributed by atoms with E-state index in [0.717, 1.165) is 31.5 Å². The molecule has 26 heavy (non-hydrogen) atoms. The Balaban J connectivity index is 1.88. The number of hydrogen-bond donors (Lipinski definition) is 1. The maximum atomic E-state index is 11.8. The van der Waals surface area contributed by atoms with E-state index in [4.69, 9.17) is 0 Å². The molecule has 0 amide bonds. The molecule has 3 heteroatoms. The summed E-state index contributed by atoms with van der Waals surface area (Å²) >= 11 is 0. The molecule has 1 unspecified atom stereocenters. The molecule has 1 heterocycles. The minimum Gasteiger partial charge on any atom is -0.478 e. The first-order chi connectivity index (χ1) is 12.7. The van der Waals surface area contributed by atoms with Gasteiger partial charge in [0.2, 0.25) is 0 Å². The standard InChI is InChI=1S/C23H29NO2/c1-2-3-15-24-16-13-19(14-17-24)22(18-9-5-4-6-10-18)20-11-7-8-12-21(20)23(25)26/h4-12,19,22H,2-3,13-17H2,1H3,(H,25,26). The molecule has 1 saturated heterocycles. The van der Waals surface area contributed by atoms with Gasteiger partial charge < -0.3 is 10.0 Å². The van der Waals surface area contributed by atoms with Crippen molar-refractivity contribution < 1.29 is 9.90 Å². The lowest BCUT2D eigenvalue weighted by atomic mass is 9.74. The zero-order chi connectivity index (χ0) is 18.4. The Kier molecular flexibility index (Phi) is 6.45. The molecule has 138 valence electrons. The van der Waals surface area contributed by atoms with Gasteiger partial charge in [-0.3, -0.25) is 0 Å². The lowest BCUT2D eigenvalue weighted by molar-refractivity contribution is 0.0694. The van der Waals surface area contributed by atoms with Gasteiger partial charge >= 0.3 is 5.97 Å². The smallest absolute Gasteiger partial charge is 0.335 e. The van der Waals surface area contributed by atoms with Crippen molar-refractivity contribution in [3.05, 3.63) is 71.3 Å². The van der Waals surface area contributed by atoms with E-state index in [1.807, 2.05) is 24.3 Å². The quantitative estimate of drug-likeness (QED) is 0.761. The summed E-state index contributed by atoms with van der Waals surface area (Å²) in [5, 5.41) is 9.69. The zero-order valence-electron chi connectivity index (χ0n) is 15.6. The number of rotatable bonds is 7. The van der Waals surface area contributed by atoms with Gasteiger partial charge in [-0.25, -0.2) is 4.79 Å². The first kappa shape index (κ1) is 18.7. The van der Waals surface area contributed by atoms with E-state index in [1.54, 1.807) is 6.07 Å². The van der Waals surface area contributed by atoms with Gasteiger partial charge in [0.05, 0.1) is 5.56 Å². The van der Waals surface area contributed by atoms with Gasteiger partial charge in [-0.2, -0.15) is 0 Å². The van der Waals surface area contributed by atoms with Crippen LogP contribution in [0.1, 0.15) is 60.0 Å². The van der Waals surface area contributed by atoms with Crippen LogP contribution in [0.15, 0.2) is 54.6 Å². The number of carbonyl (C=O) groups is 1. The third-order valence-corrected chi connectivity index (χ3v) is 5.62. The number of piperidine rings is 1. The molecule has 1 fully saturated rings. The predicted octanol–water partition coefficient (Wildman–Crippen LogP) is 5.03. The van der Waals surface area contributed by atoms with E-state index in [0.29, 0.717) is 11.5 Å². The Labute approximate surface area is 156 Å². The first-order valence-corrected chi connectivity index (χ1v) is 9.80. The summed E-state index contributed by atoms with van der Waals surface area (Å²) in [6, 6.07) is 18.0. The number of carboxylic acids is 1. The highest BCUT2D eigenvalue weighted by atomic mass is 16.4. The Bertz CT molecular complexity index is 705. The van der Waals surface area contributed by atoms with E-state index in [2.05, 4.69) is 36.1 Å². The summed E-state index contributed by atoms with van der Waals surface area (Å²) in [4.78, 5) is 14.4. The van der Waals surface area contributed by atoms with Crippen molar-refractivity contribution in [3.63, 3.8) is 0 Å². The summed E-state index contributed by atoms with van der Waals surface area (Å²) < 4.78 is 0. The van der Waals surface area contributed by atoms with Crippen molar-refractivity contribution in [2.24, 2.45) is 5.92 Å². The molecule has 0 aliphatic carbocycles. The molecule has 0 spiro atoms. The van der Waals surface area contributed by atoms with Crippen LogP contribution < -0.4 is 0 Å². The van der Waals surface area contributed by atoms with Crippen molar-refractivity contribution in [1.29, 1.82) is 0 Å². The summed E-state index contributed by atoms with van der Waals surface area (Å²) in [6.45, 7) is 5.65. The van der Waals surface area contributed by atoms with E-state index in [-0.39, 0.29) is 5.92 Å². The fourth-order valence-electron chi connectivity index (χ4n) is 4.22. The second-order valence-electron chi connectivity index (χ2n) is 7.31. The minimum atomic E-state index is -0.832. The van der Waals surface area contributed by atoms with Crippen LogP contribution in [0.5, 0.6) is 0 Å². The molecule has 1 aliphatic heterocycles. The number of hydrogen-bond acceptors (Lipinski definition) is 2. The van der Waals surface area contributed by atoms with Crippen LogP contribution in [0.4, 0.5) is 0 Å². The highest BCUT2D eigenvalue weighted by molar-refractivity contribution is 5.89. The average molecular weight is 351 g/mol. The fraction of sp³-hybridized carbons (Fsp3) is 0.435. The molecule has 0 radical (unpaired) electrons. The zero-order valence-corrected chi connectivity index (χ0v) is 15.6. The summed E-state index contributed by atoms with van der Waals surface area (Å²) in [7, 11) is 0. The highest BCUT2D eigenvalue weighted by Crippen LogP contribution is 2.39. The molecule has 3 nitrogen and oxygen atoms in total. The predicted molar refractivity (Wildman–Crippen MR) is 106 cm³/mol. The van der Waals surface area contributed by atoms with E-state index >= 15 is 0 Å². The van der Waals surface area contributed by atoms with E-state index in [1.165, 1.54) is 24.9 Å². The topological polar surface area (TPSA) is 40.5 Å². The van der Waals surface area contributed by atoms with Crippen LogP contribution in [0.2, 0.25) is 0 Å². The number of unbranched alkanes of at least 4 members (excludes halogenated alkanes) is 1. The van der Waals surface area contributed by atoms with E-state index < -0.39 is 5.97 Å². The van der Waals surface area contributed by atoms with Crippen LogP contribution >= 0.6 is 0 Å². The Morgan fingerprint density at radius 2 is 1.73 bits per heavy atom. The number of benzene rings is 2. The van der Waals surface area contributed by atoms with Crippen LogP contribution in [0.25, 0.3) is 0 Å². The monoisotopic (exact) mass is 351 g/mol. The van der Waals surface area contributed by atoms with Gasteiger partial charge in [0.15, 0.2) is 0 Å². The van der Waals surface area contributed by atoms with Crippen molar-refractivity contribution >= 4 is 5.97 Å². The van der Waals surface area contributed by atoms with Crippen molar-refractivity contribution in [2.45, 2.75) is 38.5 Å². The van der Waals surface area contributed by atoms with Crippen molar-refractivity contribution in [2.75, 3.05) is 19.6 Å². The average Bonchev–Trinajstić information content (AvgIpc) is 2.69. The summed E-state index contributed by atoms with van der Waals surface area (Å²) in [5.41, 5.74) is 2.63. The van der Waals surface area contributed by atoms with Gasteiger partial charge in [0.1, 0.15) is 0 Å². The molecule has 2 aromatic rings. The maximum absolute atomic E-state index is 11.8. The SMILES string of the molecule is CCCCN1CCC(C(c2ccccc2)c2ccccc2C(=O)O)CC1. The normalized spacial score (nSPS) is 17.1. The largest absolute Gasteiger partial charge is 0.478 e. The van der Waals surface area contributed by atoms with Crippen LogP contribution in [0, 0.1) is 5.92 Å². The third kappa shape index (κ3) is 4.34. The molecule has 3 rings (SSSR count). The fourth-order valence-corrected chi connectivity index (χ4v) is 4.22. The van der Waals surface area contributed by atoms with Gasteiger partial charge in [-0.15, -0.1) is 0 Å². The molecule has 0 bridgehead atoms. The maximum Gasteiger partial charge on any atom is 0.335 e. The highest BCUT2D eigenvalue weighted by Gasteiger charge is 2.31. The summed E-state index contributed by atoms with van der Waals surface area (Å²) in [5.74, 6) is -0.200. The molecule has 0 saturated carbocycles. The minimum absolute atomic E-state index is 0.150. The second-order valence-corrected chi connectivity index (χ2v) is 7.31. The molecule has 1 aliphatic rings. The van der Waals surface area contributed by atoms with Gasteiger partial charge in [0.25, 0.3) is 0 Å². The number of aromatic carboxylic acids is 1. The Hall–Kier alpha value is -2.13. The molecule has 2 aromatic carbocycles. The second kappa shape index (κ2) is 9.00. The van der Waals surface area contributed by atoms with E-state index in [9.17, 15) is 9.90 Å². The summed E-state index contributed by atoms with van der Waals surface area (Å²) in [6.07, 6.45) is 4.74. The van der Waals surface area contributed by atoms with Gasteiger partial charge in [-0.05, 0) is 62.0 Å². The van der Waals surface area contributed by atoms with Gasteiger partial charge in [-0.1, -0.05) is 61.9 Å². The molecular weight excluding hydrogens is 322 g/mol. The molecule has 1 N–H and O–H groups in total. The van der Waals surface area contributed by atoms with Gasteiger partial charge in [0, 0.05) is 5.92 Å². The molecule has 1 atom stereocenters. The van der Waals surface area contributed by atoms with Crippen LogP contribution in [0.3, 0.4) is 0 Å². The lowest BCUT2D eigenvalue weighted by Crippen LogP contribution is -2.36. The Morgan fingerprint density at radius 3 is 2.38 bits per heavy atom. The first-order valence-electron chi connectivity index (χ1n) is 9.80. The number of nitrogens with zero attached hydrogens (tertiary/aromatic N) is 1. The van der Waals surface area contributed by atoms with Crippen LogP contribution in [-0.2, 0) is 0 Å². The van der Waals surface area contributed by atoms with Crippen molar-refractivity contribution in [3.8, 4) is 0 Å². The molecular formula is C23H29NO2. The number of likely N-dealkylation sites (tertiary alicyclic amines) is 1. The lowest BCUT2D eigenvalue weighted by Gasteiger charge is -2.37. The van der Waals surface area contributed by atoms with Crippen LogP contribution in [-0.4, -0.2) is 35.6 Å². The van der Waals surface area contributed by atoms with Crippen molar-refractivity contribution in [1.82, 2.24) is 4.90 Å². The number of carboxylic acid groups (broad SMARTS) is 1.